The third-order valence-corrected chi connectivity index (χ3v) is 6.39. The summed E-state index contributed by atoms with van der Waals surface area (Å²) in [4.78, 5) is 40.4. The summed E-state index contributed by atoms with van der Waals surface area (Å²) in [5.74, 6) is -1.58. The van der Waals surface area contributed by atoms with E-state index in [9.17, 15) is 22.8 Å². The van der Waals surface area contributed by atoms with Gasteiger partial charge in [-0.3, -0.25) is 19.3 Å². The Morgan fingerprint density at radius 1 is 0.844 bits per heavy atom. The van der Waals surface area contributed by atoms with Gasteiger partial charge in [0.25, 0.3) is 11.8 Å². The van der Waals surface area contributed by atoms with Crippen molar-refractivity contribution in [3.8, 4) is 0 Å². The molecule has 1 atom stereocenters. The Labute approximate surface area is 185 Å². The number of imide groups is 1. The average Bonchev–Trinajstić information content (AvgIpc) is 3.03. The van der Waals surface area contributed by atoms with Gasteiger partial charge in [0.1, 0.15) is 6.04 Å². The highest BCUT2D eigenvalue weighted by atomic mass is 32.2. The summed E-state index contributed by atoms with van der Waals surface area (Å²) in [6.45, 7) is 0. The van der Waals surface area contributed by atoms with Gasteiger partial charge in [0, 0.05) is 18.4 Å². The van der Waals surface area contributed by atoms with Crippen LogP contribution >= 0.6 is 0 Å². The van der Waals surface area contributed by atoms with Gasteiger partial charge in [-0.05, 0) is 42.0 Å². The first-order chi connectivity index (χ1) is 15.3. The molecule has 1 N–H and O–H groups in total. The highest BCUT2D eigenvalue weighted by Crippen LogP contribution is 2.27. The lowest BCUT2D eigenvalue weighted by molar-refractivity contribution is -0.119. The number of hydrogen-bond donors (Lipinski definition) is 1. The minimum absolute atomic E-state index is 0.122. The number of hydrogen-bond acceptors (Lipinski definition) is 5. The molecular weight excluding hydrogens is 428 g/mol. The molecule has 0 aliphatic carbocycles. The van der Waals surface area contributed by atoms with Crippen LogP contribution in [0, 0.1) is 0 Å². The second kappa shape index (κ2) is 8.39. The van der Waals surface area contributed by atoms with E-state index in [4.69, 9.17) is 0 Å². The summed E-state index contributed by atoms with van der Waals surface area (Å²) in [6, 6.07) is 20.2. The quantitative estimate of drug-likeness (QED) is 0.585. The van der Waals surface area contributed by atoms with Crippen molar-refractivity contribution in [3.63, 3.8) is 0 Å². The van der Waals surface area contributed by atoms with E-state index in [-0.39, 0.29) is 22.4 Å². The van der Waals surface area contributed by atoms with Crippen molar-refractivity contribution in [1.29, 1.82) is 0 Å². The lowest BCUT2D eigenvalue weighted by Crippen LogP contribution is -2.48. The monoisotopic (exact) mass is 448 g/mol. The lowest BCUT2D eigenvalue weighted by Gasteiger charge is -2.25. The van der Waals surface area contributed by atoms with Crippen LogP contribution in [0.1, 0.15) is 26.3 Å². The Kier molecular flexibility index (Phi) is 5.63. The number of nitrogens with zero attached hydrogens (tertiary/aromatic N) is 1. The number of rotatable bonds is 6. The van der Waals surface area contributed by atoms with E-state index in [1.54, 1.807) is 24.3 Å². The molecule has 0 fully saturated rings. The normalized spacial score (nSPS) is 14.2. The van der Waals surface area contributed by atoms with Gasteiger partial charge in [-0.15, -0.1) is 0 Å². The molecule has 4 rings (SSSR count). The van der Waals surface area contributed by atoms with E-state index in [0.29, 0.717) is 5.69 Å². The number of sulfone groups is 1. The summed E-state index contributed by atoms with van der Waals surface area (Å²) in [5.41, 5.74) is 1.68. The summed E-state index contributed by atoms with van der Waals surface area (Å²) in [6.07, 6.45) is 1.23. The van der Waals surface area contributed by atoms with Crippen LogP contribution in [0.4, 0.5) is 5.69 Å². The molecule has 0 spiro atoms. The summed E-state index contributed by atoms with van der Waals surface area (Å²) >= 11 is 0. The zero-order chi connectivity index (χ0) is 22.9. The van der Waals surface area contributed by atoms with Crippen LogP contribution < -0.4 is 5.32 Å². The molecule has 32 heavy (non-hydrogen) atoms. The maximum atomic E-state index is 13.3. The van der Waals surface area contributed by atoms with Gasteiger partial charge in [0.15, 0.2) is 9.84 Å². The van der Waals surface area contributed by atoms with Crippen molar-refractivity contribution in [3.05, 3.63) is 95.6 Å². The molecular formula is C24H20N2O5S. The van der Waals surface area contributed by atoms with E-state index in [1.807, 2.05) is 30.3 Å². The van der Waals surface area contributed by atoms with Crippen LogP contribution in [-0.2, 0) is 21.1 Å². The maximum absolute atomic E-state index is 13.3. The van der Waals surface area contributed by atoms with Gasteiger partial charge < -0.3 is 5.32 Å². The maximum Gasteiger partial charge on any atom is 0.262 e. The Morgan fingerprint density at radius 2 is 1.38 bits per heavy atom. The molecule has 0 radical (unpaired) electrons. The second-order valence-corrected chi connectivity index (χ2v) is 9.53. The zero-order valence-electron chi connectivity index (χ0n) is 17.2. The fraction of sp³-hybridized carbons (Fsp3) is 0.125. The number of carbonyl (C=O) groups excluding carboxylic acids is 3. The van der Waals surface area contributed by atoms with Crippen LogP contribution in [0.3, 0.4) is 0 Å². The number of anilines is 1. The molecule has 162 valence electrons. The lowest BCUT2D eigenvalue weighted by atomic mass is 10.0. The minimum Gasteiger partial charge on any atom is -0.324 e. The third-order valence-electron chi connectivity index (χ3n) is 5.26. The standard InChI is InChI=1S/C24H20N2O5S/c1-32(30,31)18-13-11-17(12-14-18)25-22(27)21(15-16-7-3-2-4-8-16)26-23(28)19-9-5-6-10-20(19)24(26)29/h2-14,21H,15H2,1H3,(H,25,27). The van der Waals surface area contributed by atoms with E-state index < -0.39 is 33.6 Å². The topological polar surface area (TPSA) is 101 Å². The zero-order valence-corrected chi connectivity index (χ0v) is 18.0. The predicted octanol–water partition coefficient (Wildman–Crippen LogP) is 2.94. The second-order valence-electron chi connectivity index (χ2n) is 7.52. The van der Waals surface area contributed by atoms with Gasteiger partial charge in [0.05, 0.1) is 16.0 Å². The van der Waals surface area contributed by atoms with E-state index in [0.717, 1.165) is 16.7 Å². The van der Waals surface area contributed by atoms with E-state index in [1.165, 1.54) is 24.3 Å². The molecule has 1 aliphatic heterocycles. The highest BCUT2D eigenvalue weighted by molar-refractivity contribution is 7.90. The number of nitrogens with one attached hydrogen (secondary N) is 1. The van der Waals surface area contributed by atoms with Crippen molar-refractivity contribution >= 4 is 33.2 Å². The van der Waals surface area contributed by atoms with E-state index >= 15 is 0 Å². The molecule has 8 heteroatoms. The Morgan fingerprint density at radius 3 is 1.91 bits per heavy atom. The third kappa shape index (κ3) is 4.17. The van der Waals surface area contributed by atoms with Gasteiger partial charge >= 0.3 is 0 Å². The summed E-state index contributed by atoms with van der Waals surface area (Å²) in [5, 5.41) is 2.71. The first-order valence-electron chi connectivity index (χ1n) is 9.87. The summed E-state index contributed by atoms with van der Waals surface area (Å²) in [7, 11) is -3.37. The Bertz CT molecular complexity index is 1270. The van der Waals surface area contributed by atoms with Crippen molar-refractivity contribution < 1.29 is 22.8 Å². The van der Waals surface area contributed by atoms with Crippen molar-refractivity contribution in [1.82, 2.24) is 4.90 Å². The fourth-order valence-electron chi connectivity index (χ4n) is 3.64. The molecule has 3 amide bonds. The Balaban J connectivity index is 1.65. The predicted molar refractivity (Wildman–Crippen MR) is 119 cm³/mol. The van der Waals surface area contributed by atoms with Crippen LogP contribution in [0.5, 0.6) is 0 Å². The van der Waals surface area contributed by atoms with Crippen molar-refractivity contribution in [2.45, 2.75) is 17.4 Å². The molecule has 7 nitrogen and oxygen atoms in total. The highest BCUT2D eigenvalue weighted by Gasteiger charge is 2.42. The van der Waals surface area contributed by atoms with Crippen LogP contribution in [0.15, 0.2) is 83.8 Å². The number of amides is 3. The smallest absolute Gasteiger partial charge is 0.262 e. The van der Waals surface area contributed by atoms with Crippen molar-refractivity contribution in [2.24, 2.45) is 0 Å². The Hall–Kier alpha value is -3.78. The summed E-state index contributed by atoms with van der Waals surface area (Å²) < 4.78 is 23.3. The van der Waals surface area contributed by atoms with Gasteiger partial charge in [-0.25, -0.2) is 8.42 Å². The first-order valence-corrected chi connectivity index (χ1v) is 11.8. The van der Waals surface area contributed by atoms with Crippen LogP contribution in [0.2, 0.25) is 0 Å². The van der Waals surface area contributed by atoms with Crippen LogP contribution in [-0.4, -0.2) is 43.3 Å². The van der Waals surface area contributed by atoms with Gasteiger partial charge in [-0.1, -0.05) is 42.5 Å². The number of carbonyl (C=O) groups is 3. The molecule has 0 saturated carbocycles. The van der Waals surface area contributed by atoms with Crippen molar-refractivity contribution in [2.75, 3.05) is 11.6 Å². The SMILES string of the molecule is CS(=O)(=O)c1ccc(NC(=O)C(Cc2ccccc2)N2C(=O)c3ccccc3C2=O)cc1. The van der Waals surface area contributed by atoms with Gasteiger partial charge in [-0.2, -0.15) is 0 Å². The molecule has 1 aliphatic rings. The van der Waals surface area contributed by atoms with Crippen LogP contribution in [0.25, 0.3) is 0 Å². The van der Waals surface area contributed by atoms with Gasteiger partial charge in [0.2, 0.25) is 5.91 Å². The fourth-order valence-corrected chi connectivity index (χ4v) is 4.27. The molecule has 0 saturated heterocycles. The molecule has 0 aromatic heterocycles. The minimum atomic E-state index is -3.37. The van der Waals surface area contributed by atoms with E-state index in [2.05, 4.69) is 5.32 Å². The molecule has 3 aromatic rings. The first kappa shape index (κ1) is 21.5. The number of benzene rings is 3. The molecule has 3 aromatic carbocycles. The average molecular weight is 449 g/mol. The molecule has 1 heterocycles. The number of fused-ring (bicyclic) bond motifs is 1. The molecule has 0 bridgehead atoms. The molecule has 1 unspecified atom stereocenters. The largest absolute Gasteiger partial charge is 0.324 e.